The molecular weight excluding hydrogens is 326 g/mol. The van der Waals surface area contributed by atoms with Gasteiger partial charge in [0, 0.05) is 18.7 Å². The SMILES string of the molecule is Cc1cc([N+](=O)[O-])ccc1/N=C1\SC(C(C)C)C(=O)N1CC(C)C. The van der Waals surface area contributed by atoms with Crippen molar-refractivity contribution in [3.05, 3.63) is 33.9 Å². The van der Waals surface area contributed by atoms with Gasteiger partial charge in [-0.25, -0.2) is 4.99 Å². The lowest BCUT2D eigenvalue weighted by atomic mass is 10.1. The zero-order valence-corrected chi connectivity index (χ0v) is 15.5. The second-order valence-electron chi connectivity index (χ2n) is 6.75. The third kappa shape index (κ3) is 3.95. The number of hydrogen-bond acceptors (Lipinski definition) is 5. The second kappa shape index (κ2) is 7.34. The van der Waals surface area contributed by atoms with Gasteiger partial charge in [-0.2, -0.15) is 0 Å². The summed E-state index contributed by atoms with van der Waals surface area (Å²) < 4.78 is 0. The number of thioether (sulfide) groups is 1. The zero-order chi connectivity index (χ0) is 18.0. The minimum Gasteiger partial charge on any atom is -0.290 e. The Bertz CT molecular complexity index is 686. The van der Waals surface area contributed by atoms with Crippen LogP contribution in [0.4, 0.5) is 11.4 Å². The lowest BCUT2D eigenvalue weighted by Gasteiger charge is -2.19. The smallest absolute Gasteiger partial charge is 0.269 e. The third-order valence-corrected chi connectivity index (χ3v) is 5.26. The van der Waals surface area contributed by atoms with Gasteiger partial charge in [0.15, 0.2) is 5.17 Å². The van der Waals surface area contributed by atoms with Gasteiger partial charge in [0.1, 0.15) is 0 Å². The van der Waals surface area contributed by atoms with E-state index in [1.165, 1.54) is 23.9 Å². The molecule has 1 atom stereocenters. The molecular formula is C17H23N3O3S. The molecule has 1 aliphatic rings. The van der Waals surface area contributed by atoms with E-state index in [0.29, 0.717) is 23.3 Å². The van der Waals surface area contributed by atoms with E-state index in [0.717, 1.165) is 5.56 Å². The highest BCUT2D eigenvalue weighted by Gasteiger charge is 2.39. The normalized spacial score (nSPS) is 19.8. The molecule has 1 heterocycles. The van der Waals surface area contributed by atoms with Gasteiger partial charge in [-0.1, -0.05) is 39.5 Å². The number of nitro benzene ring substituents is 1. The Hall–Kier alpha value is -1.89. The maximum atomic E-state index is 12.6. The molecule has 130 valence electrons. The average molecular weight is 349 g/mol. The Morgan fingerprint density at radius 1 is 1.33 bits per heavy atom. The molecule has 0 spiro atoms. The molecule has 1 fully saturated rings. The topological polar surface area (TPSA) is 75.8 Å². The van der Waals surface area contributed by atoms with Crippen LogP contribution < -0.4 is 0 Å². The fraction of sp³-hybridized carbons (Fsp3) is 0.529. The average Bonchev–Trinajstić information content (AvgIpc) is 2.78. The van der Waals surface area contributed by atoms with Crippen LogP contribution in [0, 0.1) is 28.9 Å². The number of nitrogens with zero attached hydrogens (tertiary/aromatic N) is 3. The van der Waals surface area contributed by atoms with Crippen molar-refractivity contribution in [2.24, 2.45) is 16.8 Å². The minimum absolute atomic E-state index is 0.0469. The quantitative estimate of drug-likeness (QED) is 0.591. The Kier molecular flexibility index (Phi) is 5.64. The molecule has 0 aliphatic carbocycles. The maximum absolute atomic E-state index is 12.6. The highest BCUT2D eigenvalue weighted by molar-refractivity contribution is 8.15. The molecule has 0 aromatic heterocycles. The number of rotatable bonds is 5. The number of hydrogen-bond donors (Lipinski definition) is 0. The molecule has 1 aliphatic heterocycles. The number of aryl methyl sites for hydroxylation is 1. The maximum Gasteiger partial charge on any atom is 0.269 e. The Balaban J connectivity index is 2.38. The van der Waals surface area contributed by atoms with Crippen molar-refractivity contribution in [1.82, 2.24) is 4.90 Å². The molecule has 1 aromatic rings. The van der Waals surface area contributed by atoms with E-state index < -0.39 is 4.92 Å². The number of benzene rings is 1. The van der Waals surface area contributed by atoms with E-state index in [4.69, 9.17) is 0 Å². The summed E-state index contributed by atoms with van der Waals surface area (Å²) in [5.41, 5.74) is 1.43. The molecule has 0 radical (unpaired) electrons. The molecule has 1 aromatic carbocycles. The molecule has 1 unspecified atom stereocenters. The van der Waals surface area contributed by atoms with Crippen LogP contribution in [-0.2, 0) is 4.79 Å². The first-order valence-electron chi connectivity index (χ1n) is 8.02. The summed E-state index contributed by atoms with van der Waals surface area (Å²) in [6.45, 7) is 10.6. The summed E-state index contributed by atoms with van der Waals surface area (Å²) in [6.07, 6.45) is 0. The van der Waals surface area contributed by atoms with Crippen LogP contribution in [0.5, 0.6) is 0 Å². The Morgan fingerprint density at radius 3 is 2.50 bits per heavy atom. The van der Waals surface area contributed by atoms with Crippen molar-refractivity contribution in [2.75, 3.05) is 6.54 Å². The predicted octanol–water partition coefficient (Wildman–Crippen LogP) is 4.15. The van der Waals surface area contributed by atoms with Crippen LogP contribution in [0.2, 0.25) is 0 Å². The Morgan fingerprint density at radius 2 is 2.00 bits per heavy atom. The van der Waals surface area contributed by atoms with E-state index in [1.54, 1.807) is 17.9 Å². The van der Waals surface area contributed by atoms with Crippen LogP contribution in [0.3, 0.4) is 0 Å². The van der Waals surface area contributed by atoms with Gasteiger partial charge in [-0.05, 0) is 30.4 Å². The van der Waals surface area contributed by atoms with Crippen molar-refractivity contribution in [3.8, 4) is 0 Å². The summed E-state index contributed by atoms with van der Waals surface area (Å²) in [6, 6.07) is 4.59. The van der Waals surface area contributed by atoms with E-state index in [9.17, 15) is 14.9 Å². The summed E-state index contributed by atoms with van der Waals surface area (Å²) in [4.78, 5) is 29.5. The van der Waals surface area contributed by atoms with Crippen molar-refractivity contribution in [2.45, 2.75) is 39.9 Å². The fourth-order valence-corrected chi connectivity index (χ4v) is 3.67. The molecule has 24 heavy (non-hydrogen) atoms. The fourth-order valence-electron chi connectivity index (χ4n) is 2.50. The van der Waals surface area contributed by atoms with Crippen molar-refractivity contribution < 1.29 is 9.72 Å². The number of nitro groups is 1. The number of amidine groups is 1. The number of amides is 1. The second-order valence-corrected chi connectivity index (χ2v) is 7.86. The van der Waals surface area contributed by atoms with Gasteiger partial charge in [0.25, 0.3) is 5.69 Å². The molecule has 2 rings (SSSR count). The third-order valence-electron chi connectivity index (χ3n) is 3.73. The van der Waals surface area contributed by atoms with Crippen LogP contribution in [0.1, 0.15) is 33.3 Å². The predicted molar refractivity (Wildman–Crippen MR) is 97.7 cm³/mol. The first-order valence-corrected chi connectivity index (χ1v) is 8.90. The molecule has 1 saturated heterocycles. The van der Waals surface area contributed by atoms with Crippen LogP contribution in [0.15, 0.2) is 23.2 Å². The van der Waals surface area contributed by atoms with E-state index in [-0.39, 0.29) is 22.8 Å². The number of carbonyl (C=O) groups is 1. The standard InChI is InChI=1S/C17H23N3O3S/c1-10(2)9-19-16(21)15(11(3)4)24-17(19)18-14-7-6-13(20(22)23)8-12(14)5/h6-8,10-11,15H,9H2,1-5H3/b18-17-. The molecule has 1 amide bonds. The lowest BCUT2D eigenvalue weighted by molar-refractivity contribution is -0.384. The monoisotopic (exact) mass is 349 g/mol. The summed E-state index contributed by atoms with van der Waals surface area (Å²) >= 11 is 1.48. The highest BCUT2D eigenvalue weighted by Crippen LogP contribution is 2.35. The van der Waals surface area contributed by atoms with E-state index in [1.807, 2.05) is 13.8 Å². The highest BCUT2D eigenvalue weighted by atomic mass is 32.2. The summed E-state index contributed by atoms with van der Waals surface area (Å²) in [5.74, 6) is 0.661. The molecule has 6 nitrogen and oxygen atoms in total. The van der Waals surface area contributed by atoms with Gasteiger partial charge >= 0.3 is 0 Å². The van der Waals surface area contributed by atoms with Gasteiger partial charge < -0.3 is 0 Å². The summed E-state index contributed by atoms with van der Waals surface area (Å²) in [7, 11) is 0. The van der Waals surface area contributed by atoms with Gasteiger partial charge in [-0.3, -0.25) is 19.8 Å². The van der Waals surface area contributed by atoms with Gasteiger partial charge in [0.2, 0.25) is 5.91 Å². The molecule has 0 bridgehead atoms. The van der Waals surface area contributed by atoms with Gasteiger partial charge in [-0.15, -0.1) is 0 Å². The molecule has 7 heteroatoms. The van der Waals surface area contributed by atoms with Crippen molar-refractivity contribution in [3.63, 3.8) is 0 Å². The van der Waals surface area contributed by atoms with Crippen LogP contribution in [-0.4, -0.2) is 32.7 Å². The van der Waals surface area contributed by atoms with Gasteiger partial charge in [0.05, 0.1) is 15.9 Å². The van der Waals surface area contributed by atoms with E-state index in [2.05, 4.69) is 18.8 Å². The largest absolute Gasteiger partial charge is 0.290 e. The Labute approximate surface area is 146 Å². The zero-order valence-electron chi connectivity index (χ0n) is 14.6. The number of non-ortho nitro benzene ring substituents is 1. The molecule has 0 saturated carbocycles. The molecule has 0 N–H and O–H groups in total. The minimum atomic E-state index is -0.419. The lowest BCUT2D eigenvalue weighted by Crippen LogP contribution is -2.36. The van der Waals surface area contributed by atoms with Crippen molar-refractivity contribution in [1.29, 1.82) is 0 Å². The summed E-state index contributed by atoms with van der Waals surface area (Å²) in [5, 5.41) is 11.4. The van der Waals surface area contributed by atoms with Crippen LogP contribution >= 0.6 is 11.8 Å². The van der Waals surface area contributed by atoms with E-state index >= 15 is 0 Å². The number of carbonyl (C=O) groups excluding carboxylic acids is 1. The first kappa shape index (κ1) is 18.4. The number of aliphatic imine (C=N–C) groups is 1. The van der Waals surface area contributed by atoms with Crippen molar-refractivity contribution >= 4 is 34.2 Å². The van der Waals surface area contributed by atoms with Crippen LogP contribution in [0.25, 0.3) is 0 Å². The first-order chi connectivity index (χ1) is 11.2.